The molecule has 3 aromatic rings. The lowest BCUT2D eigenvalue weighted by Gasteiger charge is -2.21. The molecule has 0 spiro atoms. The highest BCUT2D eigenvalue weighted by atomic mass is 35.5. The molecular weight excluding hydrogens is 392 g/mol. The molecule has 1 aliphatic heterocycles. The van der Waals surface area contributed by atoms with Crippen LogP contribution in [-0.4, -0.2) is 38.8 Å². The molecular formula is C20H21ClN6O2. The minimum Gasteiger partial charge on any atom is -0.475 e. The maximum absolute atomic E-state index is 13.1. The summed E-state index contributed by atoms with van der Waals surface area (Å²) in [4.78, 5) is 22.6. The molecule has 0 atom stereocenters. The summed E-state index contributed by atoms with van der Waals surface area (Å²) < 4.78 is 7.47. The predicted molar refractivity (Wildman–Crippen MR) is 111 cm³/mol. The van der Waals surface area contributed by atoms with Crippen molar-refractivity contribution >= 4 is 29.0 Å². The molecule has 1 amide bonds. The SMILES string of the molecule is CC(C)Cn1cc(-c2ccc(N3CCOc4ncnc(N)c4C3=O)cc2Cl)cn1. The zero-order valence-electron chi connectivity index (χ0n) is 16.2. The van der Waals surface area contributed by atoms with E-state index < -0.39 is 0 Å². The molecule has 0 saturated carbocycles. The molecule has 0 radical (unpaired) electrons. The van der Waals surface area contributed by atoms with Gasteiger partial charge in [-0.15, -0.1) is 0 Å². The van der Waals surface area contributed by atoms with Gasteiger partial charge in [-0.1, -0.05) is 31.5 Å². The van der Waals surface area contributed by atoms with Crippen LogP contribution in [0.4, 0.5) is 11.5 Å². The summed E-state index contributed by atoms with van der Waals surface area (Å²) in [6.07, 6.45) is 5.05. The van der Waals surface area contributed by atoms with Crippen molar-refractivity contribution < 1.29 is 9.53 Å². The van der Waals surface area contributed by atoms with Crippen molar-refractivity contribution in [3.63, 3.8) is 0 Å². The Balaban J connectivity index is 1.65. The van der Waals surface area contributed by atoms with E-state index in [-0.39, 0.29) is 29.8 Å². The van der Waals surface area contributed by atoms with Crippen LogP contribution in [0.1, 0.15) is 24.2 Å². The normalized spacial score (nSPS) is 13.9. The Morgan fingerprint density at radius 3 is 2.90 bits per heavy atom. The van der Waals surface area contributed by atoms with Gasteiger partial charge in [-0.05, 0) is 18.1 Å². The fourth-order valence-electron chi connectivity index (χ4n) is 3.29. The fourth-order valence-corrected chi connectivity index (χ4v) is 3.58. The molecule has 2 N–H and O–H groups in total. The molecule has 0 bridgehead atoms. The standard InChI is InChI=1S/C20H21ClN6O2/c1-12(2)9-26-10-13(8-25-26)15-4-3-14(7-16(15)21)27-5-6-29-19-17(20(27)28)18(22)23-11-24-19/h3-4,7-8,10-12H,5-6,9H2,1-2H3,(H2,22,23,24). The van der Waals surface area contributed by atoms with Gasteiger partial charge in [0.05, 0.1) is 17.8 Å². The Hall–Kier alpha value is -3.13. The number of halogens is 1. The van der Waals surface area contributed by atoms with Crippen molar-refractivity contribution in [3.05, 3.63) is 47.5 Å². The lowest BCUT2D eigenvalue weighted by molar-refractivity contribution is 0.0990. The number of anilines is 2. The number of ether oxygens (including phenoxy) is 1. The Bertz CT molecular complexity index is 1060. The lowest BCUT2D eigenvalue weighted by Crippen LogP contribution is -2.32. The number of nitrogen functional groups attached to an aromatic ring is 1. The van der Waals surface area contributed by atoms with Gasteiger partial charge in [0.25, 0.3) is 5.91 Å². The van der Waals surface area contributed by atoms with Gasteiger partial charge in [0.2, 0.25) is 5.88 Å². The van der Waals surface area contributed by atoms with Crippen LogP contribution in [0.5, 0.6) is 5.88 Å². The molecule has 3 heterocycles. The first-order chi connectivity index (χ1) is 13.9. The Labute approximate surface area is 173 Å². The van der Waals surface area contributed by atoms with Crippen LogP contribution >= 0.6 is 11.6 Å². The van der Waals surface area contributed by atoms with E-state index in [0.717, 1.165) is 17.7 Å². The molecule has 0 fully saturated rings. The molecule has 150 valence electrons. The zero-order chi connectivity index (χ0) is 20.5. The molecule has 4 rings (SSSR count). The highest BCUT2D eigenvalue weighted by Gasteiger charge is 2.29. The van der Waals surface area contributed by atoms with Gasteiger partial charge in [0, 0.05) is 29.6 Å². The Kier molecular flexibility index (Phi) is 5.10. The maximum Gasteiger partial charge on any atom is 0.267 e. The van der Waals surface area contributed by atoms with E-state index in [0.29, 0.717) is 23.2 Å². The van der Waals surface area contributed by atoms with Gasteiger partial charge in [-0.2, -0.15) is 5.10 Å². The smallest absolute Gasteiger partial charge is 0.267 e. The van der Waals surface area contributed by atoms with Gasteiger partial charge in [-0.25, -0.2) is 9.97 Å². The second kappa shape index (κ2) is 7.71. The third kappa shape index (κ3) is 3.75. The molecule has 0 saturated heterocycles. The van der Waals surface area contributed by atoms with Gasteiger partial charge in [0.1, 0.15) is 24.3 Å². The number of nitrogens with two attached hydrogens (primary N) is 1. The van der Waals surface area contributed by atoms with Gasteiger partial charge < -0.3 is 15.4 Å². The van der Waals surface area contributed by atoms with E-state index in [4.69, 9.17) is 22.1 Å². The number of hydrogen-bond acceptors (Lipinski definition) is 6. The number of carbonyl (C=O) groups is 1. The zero-order valence-corrected chi connectivity index (χ0v) is 16.9. The number of aromatic nitrogens is 4. The summed E-state index contributed by atoms with van der Waals surface area (Å²) in [5.74, 6) is 0.470. The van der Waals surface area contributed by atoms with Crippen LogP contribution in [0.15, 0.2) is 36.9 Å². The first kappa shape index (κ1) is 19.2. The van der Waals surface area contributed by atoms with Crippen LogP contribution < -0.4 is 15.4 Å². The van der Waals surface area contributed by atoms with Crippen LogP contribution in [0.3, 0.4) is 0 Å². The highest BCUT2D eigenvalue weighted by molar-refractivity contribution is 6.33. The number of carbonyl (C=O) groups excluding carboxylic acids is 1. The van der Waals surface area contributed by atoms with Crippen molar-refractivity contribution in [3.8, 4) is 17.0 Å². The van der Waals surface area contributed by atoms with Crippen molar-refractivity contribution in [2.75, 3.05) is 23.8 Å². The number of hydrogen-bond donors (Lipinski definition) is 1. The van der Waals surface area contributed by atoms with Crippen LogP contribution in [0.25, 0.3) is 11.1 Å². The van der Waals surface area contributed by atoms with Crippen molar-refractivity contribution in [2.45, 2.75) is 20.4 Å². The second-order valence-electron chi connectivity index (χ2n) is 7.25. The minimum absolute atomic E-state index is 0.0900. The fraction of sp³-hybridized carbons (Fsp3) is 0.300. The average molecular weight is 413 g/mol. The van der Waals surface area contributed by atoms with E-state index in [9.17, 15) is 4.79 Å². The summed E-state index contributed by atoms with van der Waals surface area (Å²) in [6, 6.07) is 5.50. The van der Waals surface area contributed by atoms with Crippen LogP contribution in [-0.2, 0) is 6.54 Å². The van der Waals surface area contributed by atoms with Crippen LogP contribution in [0, 0.1) is 5.92 Å². The van der Waals surface area contributed by atoms with E-state index in [1.807, 2.05) is 23.0 Å². The number of fused-ring (bicyclic) bond motifs is 1. The van der Waals surface area contributed by atoms with E-state index in [1.54, 1.807) is 17.2 Å². The average Bonchev–Trinajstić information content (AvgIpc) is 3.04. The van der Waals surface area contributed by atoms with Gasteiger partial charge >= 0.3 is 0 Å². The minimum atomic E-state index is -0.316. The largest absolute Gasteiger partial charge is 0.475 e. The highest BCUT2D eigenvalue weighted by Crippen LogP contribution is 2.33. The summed E-state index contributed by atoms with van der Waals surface area (Å²) in [6.45, 7) is 5.75. The number of rotatable bonds is 4. The molecule has 0 unspecified atom stereocenters. The Morgan fingerprint density at radius 2 is 2.14 bits per heavy atom. The van der Waals surface area contributed by atoms with Crippen molar-refractivity contribution in [1.29, 1.82) is 0 Å². The van der Waals surface area contributed by atoms with Gasteiger partial charge in [-0.3, -0.25) is 9.48 Å². The molecule has 0 aliphatic carbocycles. The first-order valence-corrected chi connectivity index (χ1v) is 9.69. The lowest BCUT2D eigenvalue weighted by atomic mass is 10.1. The van der Waals surface area contributed by atoms with E-state index >= 15 is 0 Å². The number of benzene rings is 1. The summed E-state index contributed by atoms with van der Waals surface area (Å²) in [5, 5.41) is 4.92. The summed E-state index contributed by atoms with van der Waals surface area (Å²) in [5.41, 5.74) is 8.49. The summed E-state index contributed by atoms with van der Waals surface area (Å²) in [7, 11) is 0. The monoisotopic (exact) mass is 412 g/mol. The quantitative estimate of drug-likeness (QED) is 0.706. The molecule has 9 heteroatoms. The predicted octanol–water partition coefficient (Wildman–Crippen LogP) is 3.27. The van der Waals surface area contributed by atoms with Crippen molar-refractivity contribution in [1.82, 2.24) is 19.7 Å². The van der Waals surface area contributed by atoms with Crippen molar-refractivity contribution in [2.24, 2.45) is 5.92 Å². The van der Waals surface area contributed by atoms with Gasteiger partial charge in [0.15, 0.2) is 0 Å². The molecule has 2 aromatic heterocycles. The first-order valence-electron chi connectivity index (χ1n) is 9.31. The Morgan fingerprint density at radius 1 is 1.31 bits per heavy atom. The molecule has 1 aromatic carbocycles. The van der Waals surface area contributed by atoms with E-state index in [2.05, 4.69) is 28.9 Å². The molecule has 29 heavy (non-hydrogen) atoms. The third-order valence-corrected chi connectivity index (χ3v) is 4.93. The molecule has 8 nitrogen and oxygen atoms in total. The third-order valence-electron chi connectivity index (χ3n) is 4.62. The summed E-state index contributed by atoms with van der Waals surface area (Å²) >= 11 is 6.56. The topological polar surface area (TPSA) is 99.2 Å². The second-order valence-corrected chi connectivity index (χ2v) is 7.66. The van der Waals surface area contributed by atoms with Crippen LogP contribution in [0.2, 0.25) is 5.02 Å². The maximum atomic E-state index is 13.1. The molecule has 1 aliphatic rings. The number of nitrogens with zero attached hydrogens (tertiary/aromatic N) is 5. The van der Waals surface area contributed by atoms with E-state index in [1.165, 1.54) is 6.33 Å². The number of amides is 1.